The van der Waals surface area contributed by atoms with Crippen molar-refractivity contribution in [2.45, 2.75) is 6.18 Å². The standard InChI is InChI=1S/C11H5F4NO3/c12-6-2-1-5(11(13,14)15)8-7(6)9(17)4(3-16-8)10(18)19/h1-3H,(H,16,17)(H,18,19). The lowest BCUT2D eigenvalue weighted by Crippen LogP contribution is -2.18. The fraction of sp³-hybridized carbons (Fsp3) is 0.0909. The number of aromatic nitrogens is 1. The Labute approximate surface area is 102 Å². The molecule has 4 nitrogen and oxygen atoms in total. The normalized spacial score (nSPS) is 11.8. The number of aromatic amines is 1. The molecule has 2 rings (SSSR count). The highest BCUT2D eigenvalue weighted by Gasteiger charge is 2.34. The van der Waals surface area contributed by atoms with Crippen LogP contribution in [-0.4, -0.2) is 16.1 Å². The highest BCUT2D eigenvalue weighted by molar-refractivity contribution is 5.93. The van der Waals surface area contributed by atoms with Gasteiger partial charge in [-0.3, -0.25) is 4.79 Å². The Hall–Kier alpha value is -2.38. The first-order valence-corrected chi connectivity index (χ1v) is 4.88. The third-order valence-corrected chi connectivity index (χ3v) is 2.52. The van der Waals surface area contributed by atoms with Crippen molar-refractivity contribution in [2.24, 2.45) is 0 Å². The largest absolute Gasteiger partial charge is 0.477 e. The van der Waals surface area contributed by atoms with Crippen LogP contribution in [0.3, 0.4) is 0 Å². The van der Waals surface area contributed by atoms with Crippen LogP contribution in [0.1, 0.15) is 15.9 Å². The summed E-state index contributed by atoms with van der Waals surface area (Å²) >= 11 is 0. The van der Waals surface area contributed by atoms with E-state index in [1.54, 1.807) is 0 Å². The third-order valence-electron chi connectivity index (χ3n) is 2.52. The molecule has 2 N–H and O–H groups in total. The summed E-state index contributed by atoms with van der Waals surface area (Å²) in [6, 6.07) is 0.958. The maximum atomic E-state index is 13.5. The fourth-order valence-electron chi connectivity index (χ4n) is 1.69. The Balaban J connectivity index is 2.97. The summed E-state index contributed by atoms with van der Waals surface area (Å²) < 4.78 is 51.5. The van der Waals surface area contributed by atoms with E-state index in [0.29, 0.717) is 18.3 Å². The molecule has 0 aliphatic rings. The van der Waals surface area contributed by atoms with Crippen LogP contribution in [-0.2, 0) is 6.18 Å². The van der Waals surface area contributed by atoms with Gasteiger partial charge in [-0.1, -0.05) is 0 Å². The predicted octanol–water partition coefficient (Wildman–Crippen LogP) is 2.38. The summed E-state index contributed by atoms with van der Waals surface area (Å²) in [6.45, 7) is 0. The number of carboxylic acid groups (broad SMARTS) is 1. The Morgan fingerprint density at radius 1 is 1.26 bits per heavy atom. The van der Waals surface area contributed by atoms with E-state index in [2.05, 4.69) is 0 Å². The lowest BCUT2D eigenvalue weighted by molar-refractivity contribution is -0.136. The number of hydrogen-bond donors (Lipinski definition) is 2. The summed E-state index contributed by atoms with van der Waals surface area (Å²) in [5.41, 5.74) is -4.14. The molecule has 0 aliphatic carbocycles. The molecule has 1 aromatic carbocycles. The molecule has 0 spiro atoms. The molecule has 2 aromatic rings. The zero-order valence-corrected chi connectivity index (χ0v) is 9.01. The number of nitrogens with one attached hydrogen (secondary N) is 1. The molecule has 1 aromatic heterocycles. The van der Waals surface area contributed by atoms with E-state index < -0.39 is 45.4 Å². The zero-order valence-electron chi connectivity index (χ0n) is 9.01. The van der Waals surface area contributed by atoms with Crippen LogP contribution in [0.2, 0.25) is 0 Å². The molecule has 0 fully saturated rings. The van der Waals surface area contributed by atoms with E-state index in [9.17, 15) is 27.2 Å². The first kappa shape index (κ1) is 13.1. The van der Waals surface area contributed by atoms with Crippen LogP contribution in [0, 0.1) is 5.82 Å². The molecule has 1 heterocycles. The van der Waals surface area contributed by atoms with Crippen molar-refractivity contribution >= 4 is 16.9 Å². The second kappa shape index (κ2) is 4.08. The van der Waals surface area contributed by atoms with E-state index in [4.69, 9.17) is 5.11 Å². The predicted molar refractivity (Wildman–Crippen MR) is 56.5 cm³/mol. The number of H-pyrrole nitrogens is 1. The smallest absolute Gasteiger partial charge is 0.418 e. The number of fused-ring (bicyclic) bond motifs is 1. The second-order valence-electron chi connectivity index (χ2n) is 3.68. The molecule has 8 heteroatoms. The lowest BCUT2D eigenvalue weighted by Gasteiger charge is -2.10. The zero-order chi connectivity index (χ0) is 14.4. The van der Waals surface area contributed by atoms with Gasteiger partial charge in [-0.05, 0) is 12.1 Å². The summed E-state index contributed by atoms with van der Waals surface area (Å²) in [4.78, 5) is 24.4. The van der Waals surface area contributed by atoms with E-state index >= 15 is 0 Å². The monoisotopic (exact) mass is 275 g/mol. The number of benzene rings is 1. The average molecular weight is 275 g/mol. The Morgan fingerprint density at radius 3 is 2.42 bits per heavy atom. The van der Waals surface area contributed by atoms with Gasteiger partial charge in [0.05, 0.1) is 16.5 Å². The molecule has 0 atom stereocenters. The molecule has 100 valence electrons. The Kier molecular flexibility index (Phi) is 2.80. The number of carbonyl (C=O) groups is 1. The fourth-order valence-corrected chi connectivity index (χ4v) is 1.69. The van der Waals surface area contributed by atoms with E-state index in [1.165, 1.54) is 0 Å². The van der Waals surface area contributed by atoms with Crippen molar-refractivity contribution in [1.29, 1.82) is 0 Å². The van der Waals surface area contributed by atoms with Crippen LogP contribution in [0.5, 0.6) is 0 Å². The Morgan fingerprint density at radius 2 is 1.89 bits per heavy atom. The van der Waals surface area contributed by atoms with Gasteiger partial charge in [0.15, 0.2) is 0 Å². The van der Waals surface area contributed by atoms with Gasteiger partial charge in [0, 0.05) is 6.20 Å². The minimum atomic E-state index is -4.79. The van der Waals surface area contributed by atoms with Gasteiger partial charge in [-0.15, -0.1) is 0 Å². The summed E-state index contributed by atoms with van der Waals surface area (Å²) in [7, 11) is 0. The quantitative estimate of drug-likeness (QED) is 0.785. The Bertz CT molecular complexity index is 733. The molecule has 0 saturated heterocycles. The van der Waals surface area contributed by atoms with Gasteiger partial charge >= 0.3 is 12.1 Å². The minimum Gasteiger partial charge on any atom is -0.477 e. The van der Waals surface area contributed by atoms with Gasteiger partial charge in [0.2, 0.25) is 5.43 Å². The molecule has 0 saturated carbocycles. The van der Waals surface area contributed by atoms with Crippen molar-refractivity contribution in [3.63, 3.8) is 0 Å². The molecule has 19 heavy (non-hydrogen) atoms. The van der Waals surface area contributed by atoms with Crippen molar-refractivity contribution < 1.29 is 27.5 Å². The molecule has 0 bridgehead atoms. The first-order valence-electron chi connectivity index (χ1n) is 4.88. The molecular weight excluding hydrogens is 270 g/mol. The van der Waals surface area contributed by atoms with Crippen LogP contribution in [0.25, 0.3) is 10.9 Å². The SMILES string of the molecule is O=C(O)c1c[nH]c2c(C(F)(F)F)ccc(F)c2c1=O. The number of alkyl halides is 3. The van der Waals surface area contributed by atoms with E-state index in [0.717, 1.165) is 0 Å². The van der Waals surface area contributed by atoms with E-state index in [1.807, 2.05) is 4.98 Å². The minimum absolute atomic E-state index is 0.478. The van der Waals surface area contributed by atoms with E-state index in [-0.39, 0.29) is 0 Å². The summed E-state index contributed by atoms with van der Waals surface area (Å²) in [6.07, 6.45) is -4.18. The first-order chi connectivity index (χ1) is 8.73. The van der Waals surface area contributed by atoms with Crippen LogP contribution in [0.15, 0.2) is 23.1 Å². The van der Waals surface area contributed by atoms with Gasteiger partial charge in [-0.25, -0.2) is 9.18 Å². The van der Waals surface area contributed by atoms with Crippen LogP contribution >= 0.6 is 0 Å². The maximum Gasteiger partial charge on any atom is 0.418 e. The van der Waals surface area contributed by atoms with Crippen LogP contribution in [0.4, 0.5) is 17.6 Å². The van der Waals surface area contributed by atoms with Gasteiger partial charge in [-0.2, -0.15) is 13.2 Å². The van der Waals surface area contributed by atoms with Gasteiger partial charge < -0.3 is 10.1 Å². The average Bonchev–Trinajstić information content (AvgIpc) is 2.27. The number of pyridine rings is 1. The molecule has 0 radical (unpaired) electrons. The molecule has 0 amide bonds. The number of aromatic carboxylic acids is 1. The van der Waals surface area contributed by atoms with Gasteiger partial charge in [0.25, 0.3) is 0 Å². The van der Waals surface area contributed by atoms with Crippen molar-refractivity contribution in [3.8, 4) is 0 Å². The molecule has 0 unspecified atom stereocenters. The molecular formula is C11H5F4NO3. The van der Waals surface area contributed by atoms with Crippen LogP contribution < -0.4 is 5.43 Å². The highest BCUT2D eigenvalue weighted by Crippen LogP contribution is 2.33. The summed E-state index contributed by atoms with van der Waals surface area (Å²) in [5, 5.41) is 7.76. The van der Waals surface area contributed by atoms with Crippen molar-refractivity contribution in [1.82, 2.24) is 4.98 Å². The van der Waals surface area contributed by atoms with Gasteiger partial charge in [0.1, 0.15) is 11.4 Å². The topological polar surface area (TPSA) is 70.2 Å². The number of halogens is 4. The van der Waals surface area contributed by atoms with Crippen molar-refractivity contribution in [2.75, 3.05) is 0 Å². The molecule has 0 aliphatic heterocycles. The number of rotatable bonds is 1. The highest BCUT2D eigenvalue weighted by atomic mass is 19.4. The van der Waals surface area contributed by atoms with Crippen molar-refractivity contribution in [3.05, 3.63) is 45.5 Å². The summed E-state index contributed by atoms with van der Waals surface area (Å²) in [5.74, 6) is -2.87. The third kappa shape index (κ3) is 2.05. The maximum absolute atomic E-state index is 13.5. The number of carboxylic acids is 1. The number of hydrogen-bond acceptors (Lipinski definition) is 2. The lowest BCUT2D eigenvalue weighted by atomic mass is 10.1. The second-order valence-corrected chi connectivity index (χ2v) is 3.68.